The smallest absolute Gasteiger partial charge is 0.548 e. The van der Waals surface area contributed by atoms with Crippen molar-refractivity contribution in [2.24, 2.45) is 5.92 Å². The Balaban J connectivity index is 0.00000507. The summed E-state index contributed by atoms with van der Waals surface area (Å²) < 4.78 is 12.1. The van der Waals surface area contributed by atoms with Crippen LogP contribution >= 0.6 is 11.8 Å². The number of amides is 1. The number of benzene rings is 2. The van der Waals surface area contributed by atoms with Gasteiger partial charge in [-0.2, -0.15) is 11.8 Å². The quantitative estimate of drug-likeness (QED) is 0.395. The van der Waals surface area contributed by atoms with Crippen molar-refractivity contribution in [3.63, 3.8) is 0 Å². The van der Waals surface area contributed by atoms with E-state index >= 15 is 0 Å². The van der Waals surface area contributed by atoms with E-state index in [2.05, 4.69) is 12.2 Å². The number of carbonyl (C=O) groups is 2. The summed E-state index contributed by atoms with van der Waals surface area (Å²) >= 11 is 1.53. The van der Waals surface area contributed by atoms with Crippen LogP contribution in [0.4, 0.5) is 0 Å². The first-order valence-corrected chi connectivity index (χ1v) is 14.6. The molecule has 1 saturated carbocycles. The maximum Gasteiger partial charge on any atom is 1.00 e. The van der Waals surface area contributed by atoms with E-state index in [1.807, 2.05) is 49.6 Å². The van der Waals surface area contributed by atoms with E-state index in [1.54, 1.807) is 13.2 Å². The zero-order valence-electron chi connectivity index (χ0n) is 23.5. The Morgan fingerprint density at radius 2 is 1.82 bits per heavy atom. The minimum Gasteiger partial charge on any atom is -0.548 e. The third-order valence-electron chi connectivity index (χ3n) is 7.33. The van der Waals surface area contributed by atoms with Gasteiger partial charge in [-0.25, -0.2) is 0 Å². The van der Waals surface area contributed by atoms with Gasteiger partial charge in [0.05, 0.1) is 30.8 Å². The summed E-state index contributed by atoms with van der Waals surface area (Å²) in [5.41, 5.74) is 4.08. The molecule has 1 fully saturated rings. The van der Waals surface area contributed by atoms with Crippen LogP contribution in [0.3, 0.4) is 0 Å². The van der Waals surface area contributed by atoms with Gasteiger partial charge in [-0.05, 0) is 85.4 Å². The molecule has 1 N–H and O–H groups in total. The Labute approximate surface area is 243 Å². The van der Waals surface area contributed by atoms with Gasteiger partial charge >= 0.3 is 18.9 Å². The normalized spacial score (nSPS) is 16.2. The van der Waals surface area contributed by atoms with E-state index in [1.165, 1.54) is 43.9 Å². The van der Waals surface area contributed by atoms with Crippen LogP contribution in [-0.4, -0.2) is 49.2 Å². The van der Waals surface area contributed by atoms with Gasteiger partial charge in [0, 0.05) is 12.7 Å². The number of aliphatic carboxylic acids is 1. The molecule has 0 spiro atoms. The molecule has 0 saturated heterocycles. The zero-order chi connectivity index (χ0) is 26.8. The van der Waals surface area contributed by atoms with Crippen molar-refractivity contribution in [3.05, 3.63) is 59.2 Å². The molecule has 1 amide bonds. The standard InChI is InChI=1S/C30H41NO5S.Li/c1-20-10-8-9-13-24(20)26-18-22(19-36-21(2)28(35-3)23-11-6-5-7-12-23)14-15-25(26)29(32)31-27(30(33)34)16-17-37-4;/h8-10,13-15,18,21,23,27-28H,5-7,11-12,16-17,19H2,1-4H3,(H,31,32)(H,33,34);/q;+1/p-1/t21?,27-,28?;/m0./s1. The molecular weight excluding hydrogens is 493 g/mol. The van der Waals surface area contributed by atoms with E-state index in [0.29, 0.717) is 30.3 Å². The molecule has 1 aliphatic carbocycles. The number of thioether (sulfide) groups is 1. The number of hydrogen-bond acceptors (Lipinski definition) is 6. The van der Waals surface area contributed by atoms with E-state index in [4.69, 9.17) is 9.47 Å². The van der Waals surface area contributed by atoms with Gasteiger partial charge < -0.3 is 24.7 Å². The molecule has 2 unspecified atom stereocenters. The molecule has 0 heterocycles. The van der Waals surface area contributed by atoms with Crippen LogP contribution in [0, 0.1) is 12.8 Å². The summed E-state index contributed by atoms with van der Waals surface area (Å²) in [6.07, 6.45) is 8.35. The van der Waals surface area contributed by atoms with Crippen LogP contribution in [0.25, 0.3) is 11.1 Å². The summed E-state index contributed by atoms with van der Waals surface area (Å²) in [4.78, 5) is 24.9. The van der Waals surface area contributed by atoms with Crippen LogP contribution in [0.2, 0.25) is 0 Å². The number of carboxylic acids is 1. The predicted molar refractivity (Wildman–Crippen MR) is 147 cm³/mol. The number of carbonyl (C=O) groups excluding carboxylic acids is 2. The van der Waals surface area contributed by atoms with Gasteiger partial charge in [0.25, 0.3) is 5.91 Å². The van der Waals surface area contributed by atoms with Gasteiger partial charge in [-0.3, -0.25) is 4.79 Å². The second-order valence-corrected chi connectivity index (χ2v) is 10.9. The molecule has 0 aliphatic heterocycles. The van der Waals surface area contributed by atoms with Gasteiger partial charge in [-0.1, -0.05) is 49.6 Å². The summed E-state index contributed by atoms with van der Waals surface area (Å²) in [5.74, 6) is -0.567. The fourth-order valence-electron chi connectivity index (χ4n) is 5.25. The molecule has 0 bridgehead atoms. The predicted octanol–water partition coefficient (Wildman–Crippen LogP) is 1.77. The molecular formula is C30H40LiNO5S. The molecule has 2 aromatic rings. The SMILES string of the molecule is COC(C1CCCCC1)C(C)OCc1ccc(C(=O)N[C@@H](CCSC)C(=O)[O-])c(-c2ccccc2C)c1.[Li+]. The van der Waals surface area contributed by atoms with Gasteiger partial charge in [-0.15, -0.1) is 0 Å². The van der Waals surface area contributed by atoms with Gasteiger partial charge in [0.2, 0.25) is 0 Å². The number of carboxylic acid groups (broad SMARTS) is 1. The Bertz CT molecular complexity index is 1040. The first-order valence-electron chi connectivity index (χ1n) is 13.2. The number of rotatable bonds is 13. The van der Waals surface area contributed by atoms with Crippen LogP contribution in [-0.2, 0) is 20.9 Å². The number of hydrogen-bond donors (Lipinski definition) is 1. The topological polar surface area (TPSA) is 87.7 Å². The largest absolute Gasteiger partial charge is 1.00 e. The van der Waals surface area contributed by atoms with E-state index < -0.39 is 17.9 Å². The second kappa shape index (κ2) is 16.4. The van der Waals surface area contributed by atoms with Crippen molar-refractivity contribution in [2.45, 2.75) is 77.2 Å². The molecule has 8 heteroatoms. The molecule has 1 aliphatic rings. The molecule has 2 aromatic carbocycles. The first kappa shape index (κ1) is 32.5. The Kier molecular flexibility index (Phi) is 14.0. The summed E-state index contributed by atoms with van der Waals surface area (Å²) in [7, 11) is 1.77. The van der Waals surface area contributed by atoms with Crippen molar-refractivity contribution in [2.75, 3.05) is 19.1 Å². The average molecular weight is 534 g/mol. The zero-order valence-corrected chi connectivity index (χ0v) is 24.3. The molecule has 0 radical (unpaired) electrons. The van der Waals surface area contributed by atoms with Crippen LogP contribution in [0.1, 0.15) is 66.9 Å². The molecule has 3 rings (SSSR count). The Hall–Kier alpha value is -1.75. The fourth-order valence-corrected chi connectivity index (χ4v) is 5.72. The van der Waals surface area contributed by atoms with Gasteiger partial charge in [0.15, 0.2) is 0 Å². The van der Waals surface area contributed by atoms with Crippen LogP contribution in [0.15, 0.2) is 42.5 Å². The molecule has 202 valence electrons. The minimum atomic E-state index is -1.27. The van der Waals surface area contributed by atoms with Crippen molar-refractivity contribution in [1.29, 1.82) is 0 Å². The Morgan fingerprint density at radius 1 is 1.11 bits per heavy atom. The monoisotopic (exact) mass is 533 g/mol. The van der Waals surface area contributed by atoms with Crippen LogP contribution < -0.4 is 29.3 Å². The Morgan fingerprint density at radius 3 is 2.45 bits per heavy atom. The third kappa shape index (κ3) is 8.89. The third-order valence-corrected chi connectivity index (χ3v) is 7.97. The van der Waals surface area contributed by atoms with E-state index in [-0.39, 0.29) is 31.1 Å². The van der Waals surface area contributed by atoms with Gasteiger partial charge in [0.1, 0.15) is 0 Å². The van der Waals surface area contributed by atoms with Crippen molar-refractivity contribution < 1.29 is 43.0 Å². The minimum absolute atomic E-state index is 0. The van der Waals surface area contributed by atoms with Crippen molar-refractivity contribution in [3.8, 4) is 11.1 Å². The first-order chi connectivity index (χ1) is 17.8. The molecule has 38 heavy (non-hydrogen) atoms. The number of aryl methyl sites for hydroxylation is 1. The number of nitrogens with one attached hydrogen (secondary N) is 1. The summed E-state index contributed by atoms with van der Waals surface area (Å²) in [6.45, 7) is 4.46. The maximum absolute atomic E-state index is 13.3. The van der Waals surface area contributed by atoms with Crippen molar-refractivity contribution >= 4 is 23.6 Å². The average Bonchev–Trinajstić information content (AvgIpc) is 2.90. The number of methoxy groups -OCH3 is 1. The fraction of sp³-hybridized carbons (Fsp3) is 0.533. The van der Waals surface area contributed by atoms with Crippen molar-refractivity contribution in [1.82, 2.24) is 5.32 Å². The molecule has 0 aromatic heterocycles. The van der Waals surface area contributed by atoms with Crippen LogP contribution in [0.5, 0.6) is 0 Å². The summed E-state index contributed by atoms with van der Waals surface area (Å²) in [6, 6.07) is 12.4. The van der Waals surface area contributed by atoms with E-state index in [9.17, 15) is 14.7 Å². The molecule has 6 nitrogen and oxygen atoms in total. The van der Waals surface area contributed by atoms with E-state index in [0.717, 1.165) is 22.3 Å². The molecule has 3 atom stereocenters. The maximum atomic E-state index is 13.3. The number of ether oxygens (including phenoxy) is 2. The summed E-state index contributed by atoms with van der Waals surface area (Å²) in [5, 5.41) is 14.3. The second-order valence-electron chi connectivity index (χ2n) is 9.94.